The molecule has 0 fully saturated rings. The van der Waals surface area contributed by atoms with Crippen LogP contribution in [-0.4, -0.2) is 50.8 Å². The first-order valence-electron chi connectivity index (χ1n) is 9.61. The second kappa shape index (κ2) is 11.2. The number of hydrogen-bond acceptors (Lipinski definition) is 3. The predicted molar refractivity (Wildman–Crippen MR) is 112 cm³/mol. The Balaban J connectivity index is 2.51. The fourth-order valence-electron chi connectivity index (χ4n) is 2.81. The van der Waals surface area contributed by atoms with Gasteiger partial charge in [0.25, 0.3) is 0 Å². The molecule has 0 heterocycles. The highest BCUT2D eigenvalue weighted by atomic mass is 16.5. The lowest BCUT2D eigenvalue weighted by Crippen LogP contribution is -2.45. The van der Waals surface area contributed by atoms with E-state index < -0.39 is 0 Å². The molecule has 1 aromatic carbocycles. The molecule has 0 saturated heterocycles. The molecule has 0 aliphatic heterocycles. The minimum atomic E-state index is 0.0846. The molecule has 0 saturated carbocycles. The van der Waals surface area contributed by atoms with E-state index in [4.69, 9.17) is 4.74 Å². The van der Waals surface area contributed by atoms with Crippen molar-refractivity contribution >= 4 is 5.96 Å². The van der Waals surface area contributed by atoms with Crippen LogP contribution in [0.5, 0.6) is 0 Å². The highest BCUT2D eigenvalue weighted by Gasteiger charge is 2.24. The molecule has 0 spiro atoms. The van der Waals surface area contributed by atoms with E-state index in [-0.39, 0.29) is 11.5 Å². The van der Waals surface area contributed by atoms with Gasteiger partial charge in [-0.15, -0.1) is 0 Å². The van der Waals surface area contributed by atoms with Gasteiger partial charge >= 0.3 is 0 Å². The molecule has 0 aliphatic rings. The summed E-state index contributed by atoms with van der Waals surface area (Å²) >= 11 is 0. The normalized spacial score (nSPS) is 13.8. The van der Waals surface area contributed by atoms with Crippen molar-refractivity contribution in [3.05, 3.63) is 35.4 Å². The summed E-state index contributed by atoms with van der Waals surface area (Å²) in [6, 6.07) is 8.80. The summed E-state index contributed by atoms with van der Waals surface area (Å²) in [6.45, 7) is 15.6. The first-order valence-corrected chi connectivity index (χ1v) is 9.61. The summed E-state index contributed by atoms with van der Waals surface area (Å²) in [5.74, 6) is 0.795. The lowest BCUT2D eigenvalue weighted by atomic mass is 9.89. The highest BCUT2D eigenvalue weighted by molar-refractivity contribution is 5.79. The third kappa shape index (κ3) is 7.75. The van der Waals surface area contributed by atoms with Gasteiger partial charge in [0.05, 0.1) is 6.10 Å². The Morgan fingerprint density at radius 1 is 1.08 bits per heavy atom. The molecule has 0 bridgehead atoms. The minimum Gasteiger partial charge on any atom is -0.379 e. The number of ether oxygens (including phenoxy) is 1. The van der Waals surface area contributed by atoms with Crippen molar-refractivity contribution in [3.8, 4) is 0 Å². The number of hydrogen-bond donors (Lipinski definition) is 2. The third-order valence-corrected chi connectivity index (χ3v) is 4.71. The summed E-state index contributed by atoms with van der Waals surface area (Å²) in [6.07, 6.45) is 0.125. The largest absolute Gasteiger partial charge is 0.379 e. The number of nitrogens with zero attached hydrogens (tertiary/aromatic N) is 2. The predicted octanol–water partition coefficient (Wildman–Crippen LogP) is 3.25. The van der Waals surface area contributed by atoms with Crippen molar-refractivity contribution in [3.63, 3.8) is 0 Å². The Labute approximate surface area is 160 Å². The zero-order valence-electron chi connectivity index (χ0n) is 17.7. The van der Waals surface area contributed by atoms with Gasteiger partial charge in [-0.3, -0.25) is 9.89 Å². The van der Waals surface area contributed by atoms with Crippen molar-refractivity contribution in [1.29, 1.82) is 0 Å². The van der Waals surface area contributed by atoms with E-state index in [1.807, 2.05) is 0 Å². The monoisotopic (exact) mass is 362 g/mol. The van der Waals surface area contributed by atoms with Gasteiger partial charge in [-0.1, -0.05) is 58.9 Å². The van der Waals surface area contributed by atoms with E-state index in [1.54, 1.807) is 14.2 Å². The Bertz CT molecular complexity index is 530. The van der Waals surface area contributed by atoms with Crippen LogP contribution in [0.3, 0.4) is 0 Å². The van der Waals surface area contributed by atoms with Crippen molar-refractivity contribution in [2.75, 3.05) is 33.8 Å². The zero-order valence-corrected chi connectivity index (χ0v) is 17.7. The summed E-state index contributed by atoms with van der Waals surface area (Å²) in [5, 5.41) is 6.73. The van der Waals surface area contributed by atoms with Crippen LogP contribution in [0.2, 0.25) is 0 Å². The van der Waals surface area contributed by atoms with Crippen LogP contribution < -0.4 is 10.6 Å². The molecule has 0 amide bonds. The summed E-state index contributed by atoms with van der Waals surface area (Å²) in [5.41, 5.74) is 2.69. The van der Waals surface area contributed by atoms with Crippen molar-refractivity contribution in [2.45, 2.75) is 53.8 Å². The van der Waals surface area contributed by atoms with E-state index in [0.717, 1.165) is 38.7 Å². The first kappa shape index (κ1) is 22.5. The maximum atomic E-state index is 5.59. The molecule has 2 N–H and O–H groups in total. The van der Waals surface area contributed by atoms with Crippen molar-refractivity contribution < 1.29 is 4.74 Å². The van der Waals surface area contributed by atoms with Gasteiger partial charge in [-0.2, -0.15) is 0 Å². The minimum absolute atomic E-state index is 0.0846. The summed E-state index contributed by atoms with van der Waals surface area (Å²) < 4.78 is 5.59. The van der Waals surface area contributed by atoms with Crippen LogP contribution in [0, 0.1) is 5.41 Å². The van der Waals surface area contributed by atoms with Crippen LogP contribution >= 0.6 is 0 Å². The molecular formula is C21H38N4O. The topological polar surface area (TPSA) is 48.9 Å². The van der Waals surface area contributed by atoms with Gasteiger partial charge in [-0.05, 0) is 29.6 Å². The lowest BCUT2D eigenvalue weighted by molar-refractivity contribution is 0.0205. The standard InChI is InChI=1S/C21H38N4O/c1-8-25(9-2)16-18-12-10-17(11-13-18)14-23-20(22-6)24-15-19(26-7)21(3,4)5/h10-13,19H,8-9,14-16H2,1-7H3,(H2,22,23,24). The molecule has 0 aliphatic carbocycles. The molecule has 1 atom stereocenters. The van der Waals surface area contributed by atoms with E-state index in [1.165, 1.54) is 11.1 Å². The number of methoxy groups -OCH3 is 1. The Morgan fingerprint density at radius 2 is 1.65 bits per heavy atom. The van der Waals surface area contributed by atoms with Gasteiger partial charge in [0.1, 0.15) is 0 Å². The zero-order chi connectivity index (χ0) is 19.6. The van der Waals surface area contributed by atoms with E-state index in [9.17, 15) is 0 Å². The summed E-state index contributed by atoms with van der Waals surface area (Å²) in [4.78, 5) is 6.72. The molecule has 26 heavy (non-hydrogen) atoms. The van der Waals surface area contributed by atoms with Gasteiger partial charge in [0.15, 0.2) is 5.96 Å². The van der Waals surface area contributed by atoms with Crippen molar-refractivity contribution in [2.24, 2.45) is 10.4 Å². The second-order valence-electron chi connectivity index (χ2n) is 7.67. The van der Waals surface area contributed by atoms with Crippen LogP contribution in [0.25, 0.3) is 0 Å². The van der Waals surface area contributed by atoms with E-state index >= 15 is 0 Å². The van der Waals surface area contributed by atoms with Crippen LogP contribution in [0.4, 0.5) is 0 Å². The molecular weight excluding hydrogens is 324 g/mol. The van der Waals surface area contributed by atoms with E-state index in [0.29, 0.717) is 0 Å². The number of aliphatic imine (C=N–C) groups is 1. The lowest BCUT2D eigenvalue weighted by Gasteiger charge is -2.30. The number of nitrogens with one attached hydrogen (secondary N) is 2. The van der Waals surface area contributed by atoms with Crippen LogP contribution in [-0.2, 0) is 17.8 Å². The molecule has 0 radical (unpaired) electrons. The fourth-order valence-corrected chi connectivity index (χ4v) is 2.81. The average molecular weight is 363 g/mol. The molecule has 1 rings (SSSR count). The number of benzene rings is 1. The first-order chi connectivity index (χ1) is 12.3. The molecule has 5 heteroatoms. The third-order valence-electron chi connectivity index (χ3n) is 4.71. The molecule has 0 aromatic heterocycles. The number of guanidine groups is 1. The second-order valence-corrected chi connectivity index (χ2v) is 7.67. The van der Waals surface area contributed by atoms with Gasteiger partial charge in [0.2, 0.25) is 0 Å². The van der Waals surface area contributed by atoms with Gasteiger partial charge in [0, 0.05) is 33.8 Å². The quantitative estimate of drug-likeness (QED) is 0.523. The molecule has 5 nitrogen and oxygen atoms in total. The maximum absolute atomic E-state index is 5.59. The van der Waals surface area contributed by atoms with Gasteiger partial charge in [-0.25, -0.2) is 0 Å². The van der Waals surface area contributed by atoms with Crippen LogP contribution in [0.1, 0.15) is 45.7 Å². The smallest absolute Gasteiger partial charge is 0.191 e. The van der Waals surface area contributed by atoms with Crippen LogP contribution in [0.15, 0.2) is 29.3 Å². The maximum Gasteiger partial charge on any atom is 0.191 e. The highest BCUT2D eigenvalue weighted by Crippen LogP contribution is 2.20. The van der Waals surface area contributed by atoms with E-state index in [2.05, 4.69) is 79.4 Å². The molecule has 148 valence electrons. The Kier molecular flexibility index (Phi) is 9.66. The van der Waals surface area contributed by atoms with Crippen molar-refractivity contribution in [1.82, 2.24) is 15.5 Å². The SMILES string of the molecule is CCN(CC)Cc1ccc(CNC(=NC)NCC(OC)C(C)(C)C)cc1. The van der Waals surface area contributed by atoms with Gasteiger partial charge < -0.3 is 15.4 Å². The molecule has 1 aromatic rings. The number of rotatable bonds is 9. The summed E-state index contributed by atoms with van der Waals surface area (Å²) in [7, 11) is 3.55. The Morgan fingerprint density at radius 3 is 2.12 bits per heavy atom. The average Bonchev–Trinajstić information content (AvgIpc) is 2.62. The Hall–Kier alpha value is -1.59. The fraction of sp³-hybridized carbons (Fsp3) is 0.667. The molecule has 1 unspecified atom stereocenters.